The molecule has 0 fully saturated rings. The zero-order valence-corrected chi connectivity index (χ0v) is 7.34. The molecule has 0 aliphatic rings. The molecule has 1 aromatic rings. The number of benzene rings is 1. The minimum atomic E-state index is -0.595. The van der Waals surface area contributed by atoms with Gasteiger partial charge in [-0.1, -0.05) is 11.6 Å². The highest BCUT2D eigenvalue weighted by molar-refractivity contribution is 6.34. The summed E-state index contributed by atoms with van der Waals surface area (Å²) in [4.78, 5) is 20.8. The number of carbonyl (C=O) groups is 2. The van der Waals surface area contributed by atoms with Crippen molar-refractivity contribution in [1.82, 2.24) is 0 Å². The van der Waals surface area contributed by atoms with Gasteiger partial charge in [0.05, 0.1) is 10.6 Å². The van der Waals surface area contributed by atoms with Crippen LogP contribution in [0.25, 0.3) is 0 Å². The molecule has 5 heteroatoms. The lowest BCUT2D eigenvalue weighted by atomic mass is 10.2. The second-order valence-electron chi connectivity index (χ2n) is 2.32. The maximum atomic E-state index is 10.7. The van der Waals surface area contributed by atoms with Gasteiger partial charge in [-0.2, -0.15) is 0 Å². The smallest absolute Gasteiger partial charge is 0.250 e. The number of primary amides is 1. The molecule has 0 bridgehead atoms. The lowest BCUT2D eigenvalue weighted by molar-refractivity contribution is -0.105. The Balaban J connectivity index is 3.05. The van der Waals surface area contributed by atoms with Crippen LogP contribution in [0.3, 0.4) is 0 Å². The van der Waals surface area contributed by atoms with E-state index >= 15 is 0 Å². The molecule has 68 valence electrons. The van der Waals surface area contributed by atoms with Crippen LogP contribution in [0.2, 0.25) is 5.02 Å². The summed E-state index contributed by atoms with van der Waals surface area (Å²) in [5, 5.41) is 2.62. The number of rotatable bonds is 3. The van der Waals surface area contributed by atoms with Crippen molar-refractivity contribution in [2.24, 2.45) is 5.73 Å². The van der Waals surface area contributed by atoms with Crippen molar-refractivity contribution in [2.45, 2.75) is 0 Å². The maximum absolute atomic E-state index is 10.7. The van der Waals surface area contributed by atoms with Crippen molar-refractivity contribution in [3.05, 3.63) is 28.8 Å². The Morgan fingerprint density at radius 1 is 1.54 bits per heavy atom. The third-order valence-corrected chi connectivity index (χ3v) is 1.77. The Bertz CT molecular complexity index is 352. The third kappa shape index (κ3) is 2.19. The van der Waals surface area contributed by atoms with Crippen LogP contribution in [0, 0.1) is 0 Å². The van der Waals surface area contributed by atoms with Crippen molar-refractivity contribution in [3.8, 4) is 0 Å². The average molecular weight is 199 g/mol. The quantitative estimate of drug-likeness (QED) is 0.712. The Morgan fingerprint density at radius 3 is 2.69 bits per heavy atom. The molecule has 4 nitrogen and oxygen atoms in total. The highest BCUT2D eigenvalue weighted by Crippen LogP contribution is 2.19. The van der Waals surface area contributed by atoms with Crippen molar-refractivity contribution < 1.29 is 9.59 Å². The first-order valence-electron chi connectivity index (χ1n) is 3.44. The first-order valence-corrected chi connectivity index (χ1v) is 3.82. The summed E-state index contributed by atoms with van der Waals surface area (Å²) in [6, 6.07) is 4.45. The van der Waals surface area contributed by atoms with Crippen molar-refractivity contribution in [1.29, 1.82) is 0 Å². The summed E-state index contributed by atoms with van der Waals surface area (Å²) in [6.45, 7) is 0. The summed E-state index contributed by atoms with van der Waals surface area (Å²) in [6.07, 6.45) is 0.523. The molecule has 1 aromatic carbocycles. The zero-order valence-electron chi connectivity index (χ0n) is 6.58. The summed E-state index contributed by atoms with van der Waals surface area (Å²) < 4.78 is 0. The van der Waals surface area contributed by atoms with Gasteiger partial charge in [-0.05, 0) is 18.2 Å². The van der Waals surface area contributed by atoms with Crippen LogP contribution in [0.15, 0.2) is 18.2 Å². The molecule has 0 aromatic heterocycles. The standard InChI is InChI=1S/C8H7ClN2O2/c9-7-3-5(11-4-12)1-2-6(7)8(10)13/h1-4H,(H2,10,13)(H,11,12). The van der Waals surface area contributed by atoms with Gasteiger partial charge in [-0.3, -0.25) is 9.59 Å². The van der Waals surface area contributed by atoms with E-state index in [1.54, 1.807) is 6.07 Å². The van der Waals surface area contributed by atoms with E-state index in [0.29, 0.717) is 12.1 Å². The third-order valence-electron chi connectivity index (χ3n) is 1.46. The molecule has 0 spiro atoms. The first-order chi connectivity index (χ1) is 6.15. The van der Waals surface area contributed by atoms with Gasteiger partial charge >= 0.3 is 0 Å². The zero-order chi connectivity index (χ0) is 9.84. The lowest BCUT2D eigenvalue weighted by Gasteiger charge is -2.02. The first kappa shape index (κ1) is 9.54. The largest absolute Gasteiger partial charge is 0.366 e. The number of halogens is 1. The van der Waals surface area contributed by atoms with Crippen LogP contribution < -0.4 is 11.1 Å². The molecule has 0 heterocycles. The topological polar surface area (TPSA) is 72.2 Å². The molecule has 13 heavy (non-hydrogen) atoms. The number of anilines is 1. The van der Waals surface area contributed by atoms with Crippen molar-refractivity contribution in [2.75, 3.05) is 5.32 Å². The molecule has 0 saturated heterocycles. The molecular weight excluding hydrogens is 192 g/mol. The van der Waals surface area contributed by atoms with E-state index in [0.717, 1.165) is 0 Å². The number of nitrogens with one attached hydrogen (secondary N) is 1. The van der Waals surface area contributed by atoms with Crippen LogP contribution in [-0.4, -0.2) is 12.3 Å². The van der Waals surface area contributed by atoms with Crippen LogP contribution in [0.4, 0.5) is 5.69 Å². The van der Waals surface area contributed by atoms with Gasteiger partial charge in [0.25, 0.3) is 0 Å². The fourth-order valence-electron chi connectivity index (χ4n) is 0.873. The van der Waals surface area contributed by atoms with Gasteiger partial charge in [0.2, 0.25) is 12.3 Å². The second kappa shape index (κ2) is 3.91. The van der Waals surface area contributed by atoms with E-state index in [-0.39, 0.29) is 10.6 Å². The molecule has 0 aliphatic heterocycles. The fourth-order valence-corrected chi connectivity index (χ4v) is 1.15. The maximum Gasteiger partial charge on any atom is 0.250 e. The summed E-state index contributed by atoms with van der Waals surface area (Å²) in [5.74, 6) is -0.595. The monoisotopic (exact) mass is 198 g/mol. The highest BCUT2D eigenvalue weighted by atomic mass is 35.5. The van der Waals surface area contributed by atoms with E-state index in [4.69, 9.17) is 17.3 Å². The predicted octanol–water partition coefficient (Wildman–Crippen LogP) is 1.01. The Kier molecular flexibility index (Phi) is 2.87. The average Bonchev–Trinajstić information content (AvgIpc) is 2.04. The Morgan fingerprint density at radius 2 is 2.23 bits per heavy atom. The Labute approximate surface area is 79.7 Å². The van der Waals surface area contributed by atoms with Gasteiger partial charge in [-0.15, -0.1) is 0 Å². The van der Waals surface area contributed by atoms with E-state index in [1.807, 2.05) is 0 Å². The summed E-state index contributed by atoms with van der Waals surface area (Å²) >= 11 is 5.70. The van der Waals surface area contributed by atoms with Crippen LogP contribution in [0.1, 0.15) is 10.4 Å². The van der Waals surface area contributed by atoms with Crippen molar-refractivity contribution >= 4 is 29.6 Å². The van der Waals surface area contributed by atoms with E-state index < -0.39 is 5.91 Å². The second-order valence-corrected chi connectivity index (χ2v) is 2.73. The van der Waals surface area contributed by atoms with Gasteiger partial charge < -0.3 is 11.1 Å². The normalized spacial score (nSPS) is 9.31. The van der Waals surface area contributed by atoms with Gasteiger partial charge in [0, 0.05) is 5.69 Å². The van der Waals surface area contributed by atoms with Gasteiger partial charge in [0.1, 0.15) is 0 Å². The number of hydrogen-bond donors (Lipinski definition) is 2. The van der Waals surface area contributed by atoms with Crippen LogP contribution >= 0.6 is 11.6 Å². The van der Waals surface area contributed by atoms with E-state index in [9.17, 15) is 9.59 Å². The van der Waals surface area contributed by atoms with E-state index in [1.165, 1.54) is 12.1 Å². The number of amides is 2. The fraction of sp³-hybridized carbons (Fsp3) is 0. The molecule has 0 saturated carbocycles. The summed E-state index contributed by atoms with van der Waals surface area (Å²) in [5.41, 5.74) is 5.78. The lowest BCUT2D eigenvalue weighted by Crippen LogP contribution is -2.11. The summed E-state index contributed by atoms with van der Waals surface area (Å²) in [7, 11) is 0. The molecule has 0 radical (unpaired) electrons. The minimum Gasteiger partial charge on any atom is -0.366 e. The van der Waals surface area contributed by atoms with Gasteiger partial charge in [0.15, 0.2) is 0 Å². The SMILES string of the molecule is NC(=O)c1ccc(NC=O)cc1Cl. The minimum absolute atomic E-state index is 0.222. The highest BCUT2D eigenvalue weighted by Gasteiger charge is 2.06. The number of hydrogen-bond acceptors (Lipinski definition) is 2. The van der Waals surface area contributed by atoms with E-state index in [2.05, 4.69) is 5.32 Å². The molecule has 3 N–H and O–H groups in total. The molecule has 0 unspecified atom stereocenters. The van der Waals surface area contributed by atoms with Crippen LogP contribution in [0.5, 0.6) is 0 Å². The Hall–Kier alpha value is -1.55. The van der Waals surface area contributed by atoms with Crippen LogP contribution in [-0.2, 0) is 4.79 Å². The number of nitrogens with two attached hydrogens (primary N) is 1. The predicted molar refractivity (Wildman–Crippen MR) is 49.7 cm³/mol. The molecule has 1 rings (SSSR count). The van der Waals surface area contributed by atoms with Crippen molar-refractivity contribution in [3.63, 3.8) is 0 Å². The molecule has 0 atom stereocenters. The number of carbonyl (C=O) groups excluding carboxylic acids is 2. The van der Waals surface area contributed by atoms with Gasteiger partial charge in [-0.25, -0.2) is 0 Å². The molecule has 0 aliphatic carbocycles. The molecular formula is C8H7ClN2O2. The molecule has 2 amide bonds.